The van der Waals surface area contributed by atoms with E-state index in [1.165, 1.54) is 12.8 Å². The summed E-state index contributed by atoms with van der Waals surface area (Å²) in [6, 6.07) is 0. The average molecular weight is 234 g/mol. The van der Waals surface area contributed by atoms with Crippen LogP contribution in [0.2, 0.25) is 0 Å². The highest BCUT2D eigenvalue weighted by Gasteiger charge is 2.36. The summed E-state index contributed by atoms with van der Waals surface area (Å²) in [5, 5.41) is 4.82. The minimum absolute atomic E-state index is 0.306. The number of piperidine rings is 1. The Morgan fingerprint density at radius 2 is 1.58 bits per heavy atom. The van der Waals surface area contributed by atoms with Crippen LogP contribution in [-0.4, -0.2) is 16.4 Å². The quantitative estimate of drug-likeness (QED) is 0.688. The topological polar surface area (TPSA) is 12.0 Å². The van der Waals surface area contributed by atoms with E-state index in [1.54, 1.807) is 0 Å². The zero-order chi connectivity index (χ0) is 9.41. The Balaban J connectivity index is 2.66. The molecule has 1 saturated heterocycles. The van der Waals surface area contributed by atoms with Crippen LogP contribution in [0.15, 0.2) is 0 Å². The van der Waals surface area contributed by atoms with E-state index in [4.69, 9.17) is 0 Å². The summed E-state index contributed by atoms with van der Waals surface area (Å²) in [4.78, 5) is 0. The normalized spacial score (nSPS) is 28.8. The fourth-order valence-corrected chi connectivity index (χ4v) is 3.10. The first-order valence-electron chi connectivity index (χ1n) is 4.70. The molecule has 0 amide bonds. The Hall–Kier alpha value is 0.440. The van der Waals surface area contributed by atoms with Crippen molar-refractivity contribution in [3.05, 3.63) is 0 Å². The van der Waals surface area contributed by atoms with Gasteiger partial charge in [0.05, 0.1) is 0 Å². The molecule has 0 aliphatic carbocycles. The Morgan fingerprint density at radius 3 is 1.92 bits per heavy atom. The monoisotopic (exact) mass is 233 g/mol. The third-order valence-corrected chi connectivity index (χ3v) is 3.41. The Morgan fingerprint density at radius 1 is 1.17 bits per heavy atom. The summed E-state index contributed by atoms with van der Waals surface area (Å²) in [7, 11) is 0. The van der Waals surface area contributed by atoms with Crippen molar-refractivity contribution in [2.24, 2.45) is 5.92 Å². The van der Waals surface area contributed by atoms with Crippen LogP contribution in [0.5, 0.6) is 0 Å². The highest BCUT2D eigenvalue weighted by molar-refractivity contribution is 9.09. The molecule has 1 aliphatic heterocycles. The lowest BCUT2D eigenvalue weighted by Crippen LogP contribution is -2.58. The van der Waals surface area contributed by atoms with Gasteiger partial charge in [0.25, 0.3) is 0 Å². The fourth-order valence-electron chi connectivity index (χ4n) is 2.64. The molecule has 1 heterocycles. The molecule has 1 fully saturated rings. The maximum Gasteiger partial charge on any atom is 0.0133 e. The predicted octanol–water partition coefficient (Wildman–Crippen LogP) is 2.94. The lowest BCUT2D eigenvalue weighted by molar-refractivity contribution is 0.140. The summed E-state index contributed by atoms with van der Waals surface area (Å²) >= 11 is 3.59. The van der Waals surface area contributed by atoms with E-state index >= 15 is 0 Å². The molecular formula is C10H20BrN. The zero-order valence-electron chi connectivity index (χ0n) is 8.58. The van der Waals surface area contributed by atoms with Gasteiger partial charge in [0, 0.05) is 16.4 Å². The van der Waals surface area contributed by atoms with Gasteiger partial charge in [-0.1, -0.05) is 15.9 Å². The second-order valence-corrected chi connectivity index (χ2v) is 5.97. The molecule has 0 radical (unpaired) electrons. The van der Waals surface area contributed by atoms with Crippen molar-refractivity contribution in [3.8, 4) is 0 Å². The number of hydrogen-bond donors (Lipinski definition) is 1. The minimum atomic E-state index is 0.306. The fraction of sp³-hybridized carbons (Fsp3) is 1.00. The predicted molar refractivity (Wildman–Crippen MR) is 57.8 cm³/mol. The van der Waals surface area contributed by atoms with E-state index in [1.807, 2.05) is 0 Å². The van der Waals surface area contributed by atoms with Crippen LogP contribution in [0.1, 0.15) is 40.5 Å². The first-order chi connectivity index (χ1) is 5.35. The van der Waals surface area contributed by atoms with Gasteiger partial charge in [0.1, 0.15) is 0 Å². The van der Waals surface area contributed by atoms with E-state index in [0.717, 1.165) is 11.2 Å². The molecule has 1 aliphatic rings. The van der Waals surface area contributed by atoms with Gasteiger partial charge in [-0.3, -0.25) is 0 Å². The first kappa shape index (κ1) is 10.5. The highest BCUT2D eigenvalue weighted by Crippen LogP contribution is 2.33. The lowest BCUT2D eigenvalue weighted by atomic mass is 9.77. The number of halogens is 1. The van der Waals surface area contributed by atoms with Gasteiger partial charge in [-0.2, -0.15) is 0 Å². The number of alkyl halides is 1. The van der Waals surface area contributed by atoms with Crippen molar-refractivity contribution in [1.82, 2.24) is 5.32 Å². The molecule has 0 unspecified atom stereocenters. The largest absolute Gasteiger partial charge is 0.307 e. The second-order valence-electron chi connectivity index (χ2n) is 5.32. The number of rotatable bonds is 1. The van der Waals surface area contributed by atoms with Gasteiger partial charge in [0.2, 0.25) is 0 Å². The maximum absolute atomic E-state index is 3.68. The molecule has 1 N–H and O–H groups in total. The van der Waals surface area contributed by atoms with E-state index in [2.05, 4.69) is 48.9 Å². The molecule has 1 nitrogen and oxygen atoms in total. The van der Waals surface area contributed by atoms with Gasteiger partial charge in [-0.25, -0.2) is 0 Å². The molecule has 1 rings (SSSR count). The number of nitrogens with one attached hydrogen (secondary N) is 1. The van der Waals surface area contributed by atoms with Crippen molar-refractivity contribution in [3.63, 3.8) is 0 Å². The molecule has 0 atom stereocenters. The average Bonchev–Trinajstić information content (AvgIpc) is 1.80. The highest BCUT2D eigenvalue weighted by atomic mass is 79.9. The molecule has 0 aromatic heterocycles. The van der Waals surface area contributed by atoms with Gasteiger partial charge in [0.15, 0.2) is 0 Å². The van der Waals surface area contributed by atoms with Crippen LogP contribution in [0.4, 0.5) is 0 Å². The van der Waals surface area contributed by atoms with Crippen LogP contribution in [0.25, 0.3) is 0 Å². The van der Waals surface area contributed by atoms with Crippen LogP contribution in [-0.2, 0) is 0 Å². The minimum Gasteiger partial charge on any atom is -0.307 e. The van der Waals surface area contributed by atoms with Crippen molar-refractivity contribution >= 4 is 15.9 Å². The van der Waals surface area contributed by atoms with E-state index in [9.17, 15) is 0 Å². The van der Waals surface area contributed by atoms with Gasteiger partial charge >= 0.3 is 0 Å². The summed E-state index contributed by atoms with van der Waals surface area (Å²) in [5.74, 6) is 0.830. The van der Waals surface area contributed by atoms with Crippen LogP contribution >= 0.6 is 15.9 Å². The molecule has 2 heteroatoms. The molecule has 0 aromatic rings. The Kier molecular flexibility index (Phi) is 2.89. The molecular weight excluding hydrogens is 214 g/mol. The van der Waals surface area contributed by atoms with E-state index < -0.39 is 0 Å². The maximum atomic E-state index is 3.68. The molecule has 0 bridgehead atoms. The third-order valence-electron chi connectivity index (χ3n) is 2.49. The van der Waals surface area contributed by atoms with E-state index in [0.29, 0.717) is 11.1 Å². The van der Waals surface area contributed by atoms with Gasteiger partial charge in [-0.15, -0.1) is 0 Å². The lowest BCUT2D eigenvalue weighted by Gasteiger charge is -2.46. The van der Waals surface area contributed by atoms with Crippen LogP contribution in [0.3, 0.4) is 0 Å². The molecule has 12 heavy (non-hydrogen) atoms. The Bertz CT molecular complexity index is 147. The molecule has 72 valence electrons. The Labute approximate surface area is 84.4 Å². The standard InChI is InChI=1S/C10H20BrN/c1-9(2)5-8(7-11)6-10(3,4)12-9/h8,12H,5-7H2,1-4H3. The van der Waals surface area contributed by atoms with Crippen molar-refractivity contribution in [2.45, 2.75) is 51.6 Å². The summed E-state index contributed by atoms with van der Waals surface area (Å²) in [5.41, 5.74) is 0.611. The zero-order valence-corrected chi connectivity index (χ0v) is 10.2. The van der Waals surface area contributed by atoms with Crippen molar-refractivity contribution in [1.29, 1.82) is 0 Å². The van der Waals surface area contributed by atoms with E-state index in [-0.39, 0.29) is 0 Å². The number of hydrogen-bond acceptors (Lipinski definition) is 1. The smallest absolute Gasteiger partial charge is 0.0133 e. The first-order valence-corrected chi connectivity index (χ1v) is 5.82. The molecule has 0 aromatic carbocycles. The summed E-state index contributed by atoms with van der Waals surface area (Å²) < 4.78 is 0. The van der Waals surface area contributed by atoms with Gasteiger partial charge < -0.3 is 5.32 Å². The van der Waals surface area contributed by atoms with Gasteiger partial charge in [-0.05, 0) is 46.5 Å². The second kappa shape index (κ2) is 3.30. The van der Waals surface area contributed by atoms with Crippen LogP contribution < -0.4 is 5.32 Å². The van der Waals surface area contributed by atoms with Crippen LogP contribution in [0, 0.1) is 5.92 Å². The molecule has 0 saturated carbocycles. The van der Waals surface area contributed by atoms with Crippen molar-refractivity contribution < 1.29 is 0 Å². The summed E-state index contributed by atoms with van der Waals surface area (Å²) in [6.45, 7) is 9.18. The molecule has 0 spiro atoms. The SMILES string of the molecule is CC1(C)CC(CBr)CC(C)(C)N1. The van der Waals surface area contributed by atoms with Crippen molar-refractivity contribution in [2.75, 3.05) is 5.33 Å². The summed E-state index contributed by atoms with van der Waals surface area (Å²) in [6.07, 6.45) is 2.56. The third kappa shape index (κ3) is 2.74.